The highest BCUT2D eigenvalue weighted by molar-refractivity contribution is 5.98. The maximum absolute atomic E-state index is 12.9. The van der Waals surface area contributed by atoms with E-state index in [4.69, 9.17) is 5.73 Å². The molecule has 0 aromatic carbocycles. The van der Waals surface area contributed by atoms with Crippen molar-refractivity contribution in [3.8, 4) is 0 Å². The minimum Gasteiger partial charge on any atom is -0.383 e. The number of nitrogens with zero attached hydrogens (tertiary/aromatic N) is 1. The number of amides is 1. The second kappa shape index (κ2) is 5.44. The molecule has 4 nitrogen and oxygen atoms in total. The molecule has 0 saturated carbocycles. The lowest BCUT2D eigenvalue weighted by Gasteiger charge is -2.10. The van der Waals surface area contributed by atoms with E-state index in [0.29, 0.717) is 12.5 Å². The fraction of sp³-hybridized carbons (Fsp3) is 0.455. The first-order valence-corrected chi connectivity index (χ1v) is 5.23. The van der Waals surface area contributed by atoms with Gasteiger partial charge >= 0.3 is 0 Å². The van der Waals surface area contributed by atoms with E-state index in [1.165, 1.54) is 0 Å². The van der Waals surface area contributed by atoms with Crippen LogP contribution < -0.4 is 11.1 Å². The normalized spacial score (nSPS) is 12.2. The monoisotopic (exact) mass is 225 g/mol. The second-order valence-corrected chi connectivity index (χ2v) is 3.81. The van der Waals surface area contributed by atoms with Crippen LogP contribution in [0, 0.1) is 11.7 Å². The molecule has 5 heteroatoms. The van der Waals surface area contributed by atoms with Gasteiger partial charge in [-0.2, -0.15) is 0 Å². The molecule has 0 bridgehead atoms. The zero-order valence-electron chi connectivity index (χ0n) is 9.46. The summed E-state index contributed by atoms with van der Waals surface area (Å²) >= 11 is 0. The van der Waals surface area contributed by atoms with Crippen molar-refractivity contribution in [2.45, 2.75) is 20.3 Å². The van der Waals surface area contributed by atoms with Crippen LogP contribution in [-0.4, -0.2) is 17.4 Å². The molecular weight excluding hydrogens is 209 g/mol. The number of carbonyl (C=O) groups excluding carboxylic acids is 1. The fourth-order valence-electron chi connectivity index (χ4n) is 1.14. The van der Waals surface area contributed by atoms with Gasteiger partial charge in [0.1, 0.15) is 11.6 Å². The molecule has 1 atom stereocenters. The first kappa shape index (κ1) is 12.4. The van der Waals surface area contributed by atoms with E-state index >= 15 is 0 Å². The van der Waals surface area contributed by atoms with Crippen LogP contribution in [0.5, 0.6) is 0 Å². The van der Waals surface area contributed by atoms with E-state index < -0.39 is 5.82 Å². The van der Waals surface area contributed by atoms with E-state index in [1.54, 1.807) is 0 Å². The Kier molecular flexibility index (Phi) is 4.22. The third-order valence-corrected chi connectivity index (χ3v) is 2.44. The Morgan fingerprint density at radius 3 is 3.00 bits per heavy atom. The molecule has 3 N–H and O–H groups in total. The van der Waals surface area contributed by atoms with Crippen molar-refractivity contribution in [2.75, 3.05) is 12.3 Å². The number of aromatic nitrogens is 1. The molecule has 0 aliphatic rings. The van der Waals surface area contributed by atoms with Gasteiger partial charge in [0.05, 0.1) is 11.8 Å². The lowest BCUT2D eigenvalue weighted by atomic mass is 10.1. The zero-order valence-corrected chi connectivity index (χ0v) is 9.46. The van der Waals surface area contributed by atoms with Gasteiger partial charge < -0.3 is 11.1 Å². The topological polar surface area (TPSA) is 68.0 Å². The van der Waals surface area contributed by atoms with Crippen molar-refractivity contribution < 1.29 is 9.18 Å². The third-order valence-electron chi connectivity index (χ3n) is 2.44. The second-order valence-electron chi connectivity index (χ2n) is 3.81. The molecule has 0 spiro atoms. The molecule has 1 heterocycles. The summed E-state index contributed by atoms with van der Waals surface area (Å²) in [6.45, 7) is 4.60. The first-order valence-electron chi connectivity index (χ1n) is 5.23. The summed E-state index contributed by atoms with van der Waals surface area (Å²) in [5.41, 5.74) is 5.58. The van der Waals surface area contributed by atoms with Crippen LogP contribution in [0.15, 0.2) is 12.3 Å². The molecule has 0 fully saturated rings. The number of pyridine rings is 1. The van der Waals surface area contributed by atoms with Crippen molar-refractivity contribution in [1.29, 1.82) is 0 Å². The van der Waals surface area contributed by atoms with Gasteiger partial charge in [-0.25, -0.2) is 9.37 Å². The number of carbonyl (C=O) groups is 1. The summed E-state index contributed by atoms with van der Waals surface area (Å²) < 4.78 is 12.9. The van der Waals surface area contributed by atoms with Gasteiger partial charge in [0, 0.05) is 6.54 Å². The Labute approximate surface area is 94.1 Å². The summed E-state index contributed by atoms with van der Waals surface area (Å²) in [5, 5.41) is 2.69. The van der Waals surface area contributed by atoms with Crippen molar-refractivity contribution >= 4 is 11.7 Å². The van der Waals surface area contributed by atoms with Gasteiger partial charge in [0.25, 0.3) is 5.91 Å². The van der Waals surface area contributed by atoms with Gasteiger partial charge in [-0.15, -0.1) is 0 Å². The van der Waals surface area contributed by atoms with Crippen LogP contribution >= 0.6 is 0 Å². The number of hydrogen-bond donors (Lipinski definition) is 2. The van der Waals surface area contributed by atoms with Gasteiger partial charge in [0.15, 0.2) is 0 Å². The molecule has 1 amide bonds. The number of anilines is 1. The number of nitrogens with one attached hydrogen (secondary N) is 1. The highest BCUT2D eigenvalue weighted by Gasteiger charge is 2.12. The maximum atomic E-state index is 12.9. The van der Waals surface area contributed by atoms with Crippen LogP contribution in [0.4, 0.5) is 10.2 Å². The van der Waals surface area contributed by atoms with Crippen molar-refractivity contribution in [3.05, 3.63) is 23.6 Å². The Morgan fingerprint density at radius 1 is 1.69 bits per heavy atom. The SMILES string of the molecule is CCC(C)CNC(=O)c1cc(F)cnc1N. The van der Waals surface area contributed by atoms with E-state index in [-0.39, 0.29) is 17.3 Å². The molecule has 0 aliphatic heterocycles. The van der Waals surface area contributed by atoms with Crippen molar-refractivity contribution in [3.63, 3.8) is 0 Å². The number of rotatable bonds is 4. The molecule has 16 heavy (non-hydrogen) atoms. The van der Waals surface area contributed by atoms with Gasteiger partial charge in [-0.05, 0) is 12.0 Å². The average Bonchev–Trinajstić information content (AvgIpc) is 2.28. The molecule has 1 aromatic rings. The molecule has 88 valence electrons. The van der Waals surface area contributed by atoms with Crippen molar-refractivity contribution in [2.24, 2.45) is 5.92 Å². The molecule has 0 aliphatic carbocycles. The van der Waals surface area contributed by atoms with Crippen LogP contribution in [-0.2, 0) is 0 Å². The van der Waals surface area contributed by atoms with E-state index in [1.807, 2.05) is 13.8 Å². The highest BCUT2D eigenvalue weighted by Crippen LogP contribution is 2.10. The minimum absolute atomic E-state index is 0.0445. The molecule has 1 rings (SSSR count). The minimum atomic E-state index is -0.567. The van der Waals surface area contributed by atoms with Gasteiger partial charge in [0.2, 0.25) is 0 Å². The largest absolute Gasteiger partial charge is 0.383 e. The maximum Gasteiger partial charge on any atom is 0.255 e. The molecule has 1 aromatic heterocycles. The Hall–Kier alpha value is -1.65. The van der Waals surface area contributed by atoms with Gasteiger partial charge in [-0.3, -0.25) is 4.79 Å². The summed E-state index contributed by atoms with van der Waals surface area (Å²) in [5.74, 6) is -0.526. The highest BCUT2D eigenvalue weighted by atomic mass is 19.1. The van der Waals surface area contributed by atoms with Crippen LogP contribution in [0.3, 0.4) is 0 Å². The van der Waals surface area contributed by atoms with Crippen molar-refractivity contribution in [1.82, 2.24) is 10.3 Å². The lowest BCUT2D eigenvalue weighted by Crippen LogP contribution is -2.29. The Morgan fingerprint density at radius 2 is 2.38 bits per heavy atom. The lowest BCUT2D eigenvalue weighted by molar-refractivity contribution is 0.0948. The number of hydrogen-bond acceptors (Lipinski definition) is 3. The predicted octanol–water partition coefficient (Wildman–Crippen LogP) is 1.58. The Balaban J connectivity index is 2.69. The van der Waals surface area contributed by atoms with Crippen LogP contribution in [0.1, 0.15) is 30.6 Å². The fourth-order valence-corrected chi connectivity index (χ4v) is 1.14. The number of nitrogens with two attached hydrogens (primary N) is 1. The first-order chi connectivity index (χ1) is 7.54. The number of nitrogen functional groups attached to an aromatic ring is 1. The quantitative estimate of drug-likeness (QED) is 0.817. The summed E-state index contributed by atoms with van der Waals surface area (Å²) in [6.07, 6.45) is 1.96. The summed E-state index contributed by atoms with van der Waals surface area (Å²) in [7, 11) is 0. The molecular formula is C11H16FN3O. The van der Waals surface area contributed by atoms with Crippen LogP contribution in [0.25, 0.3) is 0 Å². The summed E-state index contributed by atoms with van der Waals surface area (Å²) in [6, 6.07) is 1.09. The average molecular weight is 225 g/mol. The van der Waals surface area contributed by atoms with E-state index in [9.17, 15) is 9.18 Å². The Bertz CT molecular complexity index is 381. The molecule has 0 saturated heterocycles. The molecule has 0 radical (unpaired) electrons. The third kappa shape index (κ3) is 3.18. The van der Waals surface area contributed by atoms with Crippen LogP contribution in [0.2, 0.25) is 0 Å². The van der Waals surface area contributed by atoms with E-state index in [2.05, 4.69) is 10.3 Å². The zero-order chi connectivity index (χ0) is 12.1. The van der Waals surface area contributed by atoms with E-state index in [0.717, 1.165) is 18.7 Å². The summed E-state index contributed by atoms with van der Waals surface area (Å²) in [4.78, 5) is 15.2. The standard InChI is InChI=1S/C11H16FN3O/c1-3-7(2)5-15-11(16)9-4-8(12)6-14-10(9)13/h4,6-7H,3,5H2,1-2H3,(H2,13,14)(H,15,16). The smallest absolute Gasteiger partial charge is 0.255 e. The number of halogens is 1. The molecule has 1 unspecified atom stereocenters. The predicted molar refractivity (Wildman–Crippen MR) is 60.4 cm³/mol. The van der Waals surface area contributed by atoms with Gasteiger partial charge in [-0.1, -0.05) is 20.3 Å².